The molecule has 0 saturated carbocycles. The first-order valence-electron chi connectivity index (χ1n) is 6.32. The van der Waals surface area contributed by atoms with Gasteiger partial charge in [-0.1, -0.05) is 26.8 Å². The highest BCUT2D eigenvalue weighted by molar-refractivity contribution is 4.99. The third-order valence-corrected chi connectivity index (χ3v) is 3.38. The molecule has 1 fully saturated rings. The van der Waals surface area contributed by atoms with Crippen molar-refractivity contribution in [2.45, 2.75) is 45.6 Å². The lowest BCUT2D eigenvalue weighted by atomic mass is 10.1. The Labute approximate surface area is 94.9 Å². The van der Waals surface area contributed by atoms with Crippen molar-refractivity contribution in [1.82, 2.24) is 9.80 Å². The van der Waals surface area contributed by atoms with E-state index in [2.05, 4.69) is 37.3 Å². The summed E-state index contributed by atoms with van der Waals surface area (Å²) in [5, 5.41) is 0. The standard InChI is InChI=1S/C13H26N2/c1-5-7-8-12(3)15-10-9-14(4)11-13(15)6-2/h13H,3,5-11H2,1-2,4H3. The van der Waals surface area contributed by atoms with Crippen LogP contribution in [0.2, 0.25) is 0 Å². The molecule has 1 atom stereocenters. The van der Waals surface area contributed by atoms with Crippen LogP contribution in [0.4, 0.5) is 0 Å². The molecule has 0 aromatic rings. The van der Waals surface area contributed by atoms with Gasteiger partial charge in [-0.2, -0.15) is 0 Å². The molecule has 1 rings (SSSR count). The first kappa shape index (κ1) is 12.6. The Bertz CT molecular complexity index is 201. The van der Waals surface area contributed by atoms with Crippen molar-refractivity contribution in [3.63, 3.8) is 0 Å². The van der Waals surface area contributed by atoms with Gasteiger partial charge in [-0.25, -0.2) is 0 Å². The number of rotatable bonds is 5. The molecular weight excluding hydrogens is 184 g/mol. The summed E-state index contributed by atoms with van der Waals surface area (Å²) in [7, 11) is 2.22. The molecule has 0 aromatic carbocycles. The lowest BCUT2D eigenvalue weighted by Crippen LogP contribution is -2.50. The smallest absolute Gasteiger partial charge is 0.0411 e. The molecule has 0 aliphatic carbocycles. The summed E-state index contributed by atoms with van der Waals surface area (Å²) < 4.78 is 0. The monoisotopic (exact) mass is 210 g/mol. The number of likely N-dealkylation sites (N-methyl/N-ethyl adjacent to an activating group) is 1. The van der Waals surface area contributed by atoms with Gasteiger partial charge in [-0.05, 0) is 26.3 Å². The van der Waals surface area contributed by atoms with Crippen molar-refractivity contribution in [2.75, 3.05) is 26.7 Å². The molecule has 15 heavy (non-hydrogen) atoms. The van der Waals surface area contributed by atoms with E-state index in [0.717, 1.165) is 6.54 Å². The SMILES string of the molecule is C=C(CCCC)N1CCN(C)CC1CC. The zero-order chi connectivity index (χ0) is 11.3. The molecule has 88 valence electrons. The third kappa shape index (κ3) is 3.53. The molecule has 1 heterocycles. The first-order valence-corrected chi connectivity index (χ1v) is 6.32. The molecule has 0 aromatic heterocycles. The van der Waals surface area contributed by atoms with Crippen LogP contribution in [-0.2, 0) is 0 Å². The van der Waals surface area contributed by atoms with Crippen molar-refractivity contribution >= 4 is 0 Å². The van der Waals surface area contributed by atoms with E-state index in [1.807, 2.05) is 0 Å². The van der Waals surface area contributed by atoms with Crippen LogP contribution in [0.5, 0.6) is 0 Å². The van der Waals surface area contributed by atoms with Gasteiger partial charge in [0.1, 0.15) is 0 Å². The molecule has 0 amide bonds. The van der Waals surface area contributed by atoms with Crippen molar-refractivity contribution in [2.24, 2.45) is 0 Å². The normalized spacial score (nSPS) is 23.1. The Morgan fingerprint density at radius 2 is 2.07 bits per heavy atom. The third-order valence-electron chi connectivity index (χ3n) is 3.38. The fraction of sp³-hybridized carbons (Fsp3) is 0.846. The zero-order valence-electron chi connectivity index (χ0n) is 10.6. The predicted octanol–water partition coefficient (Wildman–Crippen LogP) is 2.72. The van der Waals surface area contributed by atoms with Crippen molar-refractivity contribution in [3.8, 4) is 0 Å². The number of piperazine rings is 1. The van der Waals surface area contributed by atoms with Gasteiger partial charge < -0.3 is 9.80 Å². The Morgan fingerprint density at radius 3 is 2.67 bits per heavy atom. The molecule has 1 unspecified atom stereocenters. The van der Waals surface area contributed by atoms with E-state index < -0.39 is 0 Å². The maximum Gasteiger partial charge on any atom is 0.0411 e. The lowest BCUT2D eigenvalue weighted by molar-refractivity contribution is 0.115. The van der Waals surface area contributed by atoms with Crippen LogP contribution in [0.1, 0.15) is 39.5 Å². The minimum atomic E-state index is 0.688. The fourth-order valence-corrected chi connectivity index (χ4v) is 2.30. The number of nitrogens with zero attached hydrogens (tertiary/aromatic N) is 2. The van der Waals surface area contributed by atoms with Crippen LogP contribution >= 0.6 is 0 Å². The topological polar surface area (TPSA) is 6.48 Å². The van der Waals surface area contributed by atoms with E-state index in [9.17, 15) is 0 Å². The second-order valence-corrected chi connectivity index (χ2v) is 4.69. The summed E-state index contributed by atoms with van der Waals surface area (Å²) in [6.45, 7) is 12.3. The zero-order valence-corrected chi connectivity index (χ0v) is 10.6. The Morgan fingerprint density at radius 1 is 1.33 bits per heavy atom. The highest BCUT2D eigenvalue weighted by Gasteiger charge is 2.23. The quantitative estimate of drug-likeness (QED) is 0.688. The van der Waals surface area contributed by atoms with Crippen LogP contribution in [0.3, 0.4) is 0 Å². The minimum Gasteiger partial charge on any atom is -0.370 e. The number of hydrogen-bond acceptors (Lipinski definition) is 2. The molecular formula is C13H26N2. The van der Waals surface area contributed by atoms with E-state index in [1.165, 1.54) is 44.5 Å². The summed E-state index contributed by atoms with van der Waals surface area (Å²) in [6.07, 6.45) is 4.96. The largest absolute Gasteiger partial charge is 0.370 e. The molecule has 0 bridgehead atoms. The van der Waals surface area contributed by atoms with Gasteiger partial charge in [0.25, 0.3) is 0 Å². The average molecular weight is 210 g/mol. The highest BCUT2D eigenvalue weighted by atomic mass is 15.3. The summed E-state index contributed by atoms with van der Waals surface area (Å²) in [5.41, 5.74) is 1.36. The second-order valence-electron chi connectivity index (χ2n) is 4.69. The van der Waals surface area contributed by atoms with Gasteiger partial charge in [0.2, 0.25) is 0 Å². The maximum absolute atomic E-state index is 4.25. The molecule has 1 saturated heterocycles. The predicted molar refractivity (Wildman–Crippen MR) is 66.9 cm³/mol. The van der Waals surface area contributed by atoms with Gasteiger partial charge in [-0.15, -0.1) is 0 Å². The second kappa shape index (κ2) is 6.16. The molecule has 0 N–H and O–H groups in total. The van der Waals surface area contributed by atoms with Crippen molar-refractivity contribution in [1.29, 1.82) is 0 Å². The van der Waals surface area contributed by atoms with E-state index in [1.54, 1.807) is 0 Å². The maximum atomic E-state index is 4.25. The van der Waals surface area contributed by atoms with Crippen LogP contribution < -0.4 is 0 Å². The highest BCUT2D eigenvalue weighted by Crippen LogP contribution is 2.19. The van der Waals surface area contributed by atoms with E-state index in [4.69, 9.17) is 0 Å². The minimum absolute atomic E-state index is 0.688. The van der Waals surface area contributed by atoms with Gasteiger partial charge in [-0.3, -0.25) is 0 Å². The Kier molecular flexibility index (Phi) is 5.16. The van der Waals surface area contributed by atoms with Crippen molar-refractivity contribution < 1.29 is 0 Å². The number of hydrogen-bond donors (Lipinski definition) is 0. The van der Waals surface area contributed by atoms with Crippen LogP contribution in [-0.4, -0.2) is 42.5 Å². The number of allylic oxidation sites excluding steroid dienone is 1. The van der Waals surface area contributed by atoms with E-state index in [0.29, 0.717) is 6.04 Å². The molecule has 1 aliphatic rings. The first-order chi connectivity index (χ1) is 7.19. The summed E-state index contributed by atoms with van der Waals surface area (Å²) in [5.74, 6) is 0. The summed E-state index contributed by atoms with van der Waals surface area (Å²) >= 11 is 0. The van der Waals surface area contributed by atoms with Gasteiger partial charge in [0.05, 0.1) is 0 Å². The van der Waals surface area contributed by atoms with E-state index >= 15 is 0 Å². The lowest BCUT2D eigenvalue weighted by Gasteiger charge is -2.42. The number of unbranched alkanes of at least 4 members (excludes halogenated alkanes) is 1. The van der Waals surface area contributed by atoms with Crippen LogP contribution in [0.25, 0.3) is 0 Å². The summed E-state index contributed by atoms with van der Waals surface area (Å²) in [4.78, 5) is 4.97. The van der Waals surface area contributed by atoms with E-state index in [-0.39, 0.29) is 0 Å². The molecule has 2 heteroatoms. The Balaban J connectivity index is 2.47. The Hall–Kier alpha value is -0.500. The molecule has 0 spiro atoms. The molecule has 1 aliphatic heterocycles. The average Bonchev–Trinajstić information content (AvgIpc) is 2.25. The molecule has 2 nitrogen and oxygen atoms in total. The van der Waals surface area contributed by atoms with Crippen LogP contribution in [0, 0.1) is 0 Å². The van der Waals surface area contributed by atoms with Gasteiger partial charge in [0, 0.05) is 31.4 Å². The molecule has 0 radical (unpaired) electrons. The van der Waals surface area contributed by atoms with Crippen LogP contribution in [0.15, 0.2) is 12.3 Å². The fourth-order valence-electron chi connectivity index (χ4n) is 2.30. The van der Waals surface area contributed by atoms with Crippen molar-refractivity contribution in [3.05, 3.63) is 12.3 Å². The summed E-state index contributed by atoms with van der Waals surface area (Å²) in [6, 6.07) is 0.688. The van der Waals surface area contributed by atoms with Gasteiger partial charge in [0.15, 0.2) is 0 Å². The van der Waals surface area contributed by atoms with Gasteiger partial charge >= 0.3 is 0 Å².